The van der Waals surface area contributed by atoms with E-state index in [1.807, 2.05) is 0 Å². The van der Waals surface area contributed by atoms with Crippen molar-refractivity contribution in [3.05, 3.63) is 23.4 Å². The van der Waals surface area contributed by atoms with Crippen LogP contribution in [0.4, 0.5) is 19.0 Å². The van der Waals surface area contributed by atoms with Gasteiger partial charge in [0.1, 0.15) is 17.3 Å². The number of amidine groups is 1. The Morgan fingerprint density at radius 2 is 2.06 bits per heavy atom. The zero-order valence-corrected chi connectivity index (χ0v) is 8.80. The summed E-state index contributed by atoms with van der Waals surface area (Å²) < 4.78 is 37.4. The van der Waals surface area contributed by atoms with Crippen LogP contribution in [0.5, 0.6) is 0 Å². The van der Waals surface area contributed by atoms with Gasteiger partial charge in [-0.3, -0.25) is 5.41 Å². The summed E-state index contributed by atoms with van der Waals surface area (Å²) in [5.41, 5.74) is 4.51. The van der Waals surface area contributed by atoms with Gasteiger partial charge in [-0.1, -0.05) is 0 Å². The Hall–Kier alpha value is -1.79. The van der Waals surface area contributed by atoms with Gasteiger partial charge in [0.15, 0.2) is 0 Å². The summed E-state index contributed by atoms with van der Waals surface area (Å²) in [6.45, 7) is 0. The van der Waals surface area contributed by atoms with Gasteiger partial charge >= 0.3 is 6.18 Å². The van der Waals surface area contributed by atoms with Gasteiger partial charge in [-0.2, -0.15) is 13.2 Å². The third-order valence-corrected chi connectivity index (χ3v) is 2.39. The number of halogens is 3. The number of nitrogens with one attached hydrogen (secondary N) is 2. The lowest BCUT2D eigenvalue weighted by Gasteiger charge is -2.12. The fourth-order valence-electron chi connectivity index (χ4n) is 1.37. The average Bonchev–Trinajstić information content (AvgIpc) is 2.99. The number of hydrogen-bond donors (Lipinski definition) is 3. The lowest BCUT2D eigenvalue weighted by atomic mass is 10.2. The molecule has 4 N–H and O–H groups in total. The Bertz CT molecular complexity index is 451. The molecule has 2 rings (SSSR count). The first-order valence-corrected chi connectivity index (χ1v) is 5.07. The van der Waals surface area contributed by atoms with Crippen molar-refractivity contribution < 1.29 is 13.2 Å². The number of hydrogen-bond acceptors (Lipinski definition) is 3. The predicted molar refractivity (Wildman–Crippen MR) is 56.9 cm³/mol. The zero-order chi connectivity index (χ0) is 12.6. The fourth-order valence-corrected chi connectivity index (χ4v) is 1.37. The molecule has 1 aliphatic carbocycles. The fraction of sp³-hybridized carbons (Fsp3) is 0.400. The molecule has 0 radical (unpaired) electrons. The predicted octanol–water partition coefficient (Wildman–Crippen LogP) is 1.96. The molecule has 1 fully saturated rings. The van der Waals surface area contributed by atoms with Crippen molar-refractivity contribution in [2.24, 2.45) is 5.73 Å². The van der Waals surface area contributed by atoms with E-state index in [0.717, 1.165) is 18.9 Å². The van der Waals surface area contributed by atoms with E-state index in [9.17, 15) is 13.2 Å². The lowest BCUT2D eigenvalue weighted by molar-refractivity contribution is -0.141. The molecule has 92 valence electrons. The van der Waals surface area contributed by atoms with Crippen molar-refractivity contribution >= 4 is 11.7 Å². The maximum Gasteiger partial charge on any atom is 0.433 e. The van der Waals surface area contributed by atoms with E-state index in [2.05, 4.69) is 10.3 Å². The Balaban J connectivity index is 2.38. The molecule has 1 aromatic heterocycles. The van der Waals surface area contributed by atoms with Gasteiger partial charge in [0.2, 0.25) is 0 Å². The van der Waals surface area contributed by atoms with Crippen molar-refractivity contribution in [3.8, 4) is 0 Å². The summed E-state index contributed by atoms with van der Waals surface area (Å²) in [5.74, 6) is -0.260. The molecule has 0 amide bonds. The number of alkyl halides is 3. The summed E-state index contributed by atoms with van der Waals surface area (Å²) in [6, 6.07) is 2.14. The normalized spacial score (nSPS) is 15.7. The van der Waals surface area contributed by atoms with E-state index in [-0.39, 0.29) is 23.3 Å². The maximum atomic E-state index is 12.5. The summed E-state index contributed by atoms with van der Waals surface area (Å²) in [7, 11) is 0. The summed E-state index contributed by atoms with van der Waals surface area (Å²) in [6.07, 6.45) is -2.69. The van der Waals surface area contributed by atoms with Crippen LogP contribution < -0.4 is 11.1 Å². The SMILES string of the molecule is N=C(N)c1ccc(C(F)(F)F)nc1NC1CC1. The monoisotopic (exact) mass is 244 g/mol. The van der Waals surface area contributed by atoms with Crippen molar-refractivity contribution in [1.82, 2.24) is 4.98 Å². The summed E-state index contributed by atoms with van der Waals surface area (Å²) in [4.78, 5) is 3.49. The summed E-state index contributed by atoms with van der Waals surface area (Å²) in [5, 5.41) is 10.1. The average molecular weight is 244 g/mol. The van der Waals surface area contributed by atoms with Crippen LogP contribution >= 0.6 is 0 Å². The highest BCUT2D eigenvalue weighted by Crippen LogP contribution is 2.31. The molecule has 0 aliphatic heterocycles. The van der Waals surface area contributed by atoms with Gasteiger partial charge in [-0.25, -0.2) is 4.98 Å². The van der Waals surface area contributed by atoms with Gasteiger partial charge in [0.25, 0.3) is 0 Å². The first-order valence-electron chi connectivity index (χ1n) is 5.07. The van der Waals surface area contributed by atoms with Crippen LogP contribution in [-0.4, -0.2) is 16.9 Å². The molecule has 0 atom stereocenters. The number of nitrogen functional groups attached to an aromatic ring is 1. The zero-order valence-electron chi connectivity index (χ0n) is 8.80. The molecular formula is C10H11F3N4. The highest BCUT2D eigenvalue weighted by atomic mass is 19.4. The first kappa shape index (κ1) is 11.7. The Labute approximate surface area is 95.5 Å². The first-order chi connectivity index (χ1) is 7.88. The van der Waals surface area contributed by atoms with Gasteiger partial charge in [-0.15, -0.1) is 0 Å². The highest BCUT2D eigenvalue weighted by molar-refractivity contribution is 5.99. The molecule has 17 heavy (non-hydrogen) atoms. The standard InChI is InChI=1S/C10H11F3N4/c11-10(12,13)7-4-3-6(8(14)15)9(17-7)16-5-1-2-5/h3-5H,1-2H2,(H3,14,15)(H,16,17). The molecule has 7 heteroatoms. The minimum atomic E-state index is -4.49. The van der Waals surface area contributed by atoms with Gasteiger partial charge < -0.3 is 11.1 Å². The molecule has 0 saturated heterocycles. The number of aromatic nitrogens is 1. The van der Waals surface area contributed by atoms with Crippen molar-refractivity contribution in [2.45, 2.75) is 25.1 Å². The minimum absolute atomic E-state index is 0.0369. The Kier molecular flexibility index (Phi) is 2.68. The molecule has 1 aromatic rings. The van der Waals surface area contributed by atoms with Crippen LogP contribution in [0, 0.1) is 5.41 Å². The summed E-state index contributed by atoms with van der Waals surface area (Å²) >= 11 is 0. The second-order valence-corrected chi connectivity index (χ2v) is 3.92. The molecular weight excluding hydrogens is 233 g/mol. The Morgan fingerprint density at radius 3 is 2.53 bits per heavy atom. The number of anilines is 1. The molecule has 4 nitrogen and oxygen atoms in total. The minimum Gasteiger partial charge on any atom is -0.384 e. The highest BCUT2D eigenvalue weighted by Gasteiger charge is 2.34. The van der Waals surface area contributed by atoms with Crippen LogP contribution in [0.2, 0.25) is 0 Å². The van der Waals surface area contributed by atoms with E-state index in [0.29, 0.717) is 0 Å². The molecule has 1 heterocycles. The number of nitrogens with two attached hydrogens (primary N) is 1. The van der Waals surface area contributed by atoms with E-state index in [1.165, 1.54) is 6.07 Å². The van der Waals surface area contributed by atoms with Crippen molar-refractivity contribution in [3.63, 3.8) is 0 Å². The molecule has 0 spiro atoms. The number of pyridine rings is 1. The largest absolute Gasteiger partial charge is 0.433 e. The molecule has 0 aromatic carbocycles. The quantitative estimate of drug-likeness (QED) is 0.562. The van der Waals surface area contributed by atoms with E-state index < -0.39 is 11.9 Å². The smallest absolute Gasteiger partial charge is 0.384 e. The van der Waals surface area contributed by atoms with Crippen LogP contribution in [-0.2, 0) is 6.18 Å². The van der Waals surface area contributed by atoms with Crippen molar-refractivity contribution in [2.75, 3.05) is 5.32 Å². The van der Waals surface area contributed by atoms with E-state index in [4.69, 9.17) is 11.1 Å². The van der Waals surface area contributed by atoms with Crippen LogP contribution in [0.25, 0.3) is 0 Å². The van der Waals surface area contributed by atoms with Crippen LogP contribution in [0.1, 0.15) is 24.1 Å². The second-order valence-electron chi connectivity index (χ2n) is 3.92. The van der Waals surface area contributed by atoms with E-state index in [1.54, 1.807) is 0 Å². The third kappa shape index (κ3) is 2.66. The lowest BCUT2D eigenvalue weighted by Crippen LogP contribution is -2.19. The molecule has 1 saturated carbocycles. The van der Waals surface area contributed by atoms with Crippen molar-refractivity contribution in [1.29, 1.82) is 5.41 Å². The van der Waals surface area contributed by atoms with E-state index >= 15 is 0 Å². The molecule has 1 aliphatic rings. The topological polar surface area (TPSA) is 74.8 Å². The number of rotatable bonds is 3. The third-order valence-electron chi connectivity index (χ3n) is 2.39. The Morgan fingerprint density at radius 1 is 1.41 bits per heavy atom. The van der Waals surface area contributed by atoms with Crippen LogP contribution in [0.3, 0.4) is 0 Å². The van der Waals surface area contributed by atoms with Gasteiger partial charge in [-0.05, 0) is 25.0 Å². The van der Waals surface area contributed by atoms with Gasteiger partial charge in [0.05, 0.1) is 5.56 Å². The van der Waals surface area contributed by atoms with Gasteiger partial charge in [0, 0.05) is 6.04 Å². The number of nitrogens with zero attached hydrogens (tertiary/aromatic N) is 1. The van der Waals surface area contributed by atoms with Crippen LogP contribution in [0.15, 0.2) is 12.1 Å². The molecule has 0 unspecified atom stereocenters. The second kappa shape index (κ2) is 3.90. The maximum absolute atomic E-state index is 12.5. The molecule has 0 bridgehead atoms.